The topological polar surface area (TPSA) is 67.5 Å². The van der Waals surface area contributed by atoms with Crippen molar-refractivity contribution in [2.24, 2.45) is 5.92 Å². The van der Waals surface area contributed by atoms with E-state index in [4.69, 9.17) is 4.42 Å². The van der Waals surface area contributed by atoms with Crippen LogP contribution in [0, 0.1) is 5.92 Å². The number of carboxylic acids is 1. The average molecular weight is 294 g/mol. The van der Waals surface area contributed by atoms with Crippen molar-refractivity contribution in [2.45, 2.75) is 31.8 Å². The van der Waals surface area contributed by atoms with Gasteiger partial charge in [-0.3, -0.25) is 4.21 Å². The van der Waals surface area contributed by atoms with Crippen LogP contribution in [0.1, 0.15) is 36.9 Å². The number of hydrogen-bond donors (Lipinski definition) is 1. The van der Waals surface area contributed by atoms with Crippen molar-refractivity contribution in [3.05, 3.63) is 35.6 Å². The number of rotatable bonds is 5. The monoisotopic (exact) mass is 294 g/mol. The molecule has 5 heteroatoms. The molecule has 0 radical (unpaired) electrons. The second kappa shape index (κ2) is 5.79. The first-order valence-electron chi connectivity index (χ1n) is 6.52. The molecule has 4 nitrogen and oxygen atoms in total. The third-order valence-electron chi connectivity index (χ3n) is 3.51. The van der Waals surface area contributed by atoms with E-state index in [9.17, 15) is 14.1 Å². The van der Waals surface area contributed by atoms with E-state index in [0.29, 0.717) is 16.7 Å². The maximum absolute atomic E-state index is 12.3. The quantitative estimate of drug-likeness (QED) is 0.917. The predicted molar refractivity (Wildman–Crippen MR) is 79.3 cm³/mol. The molecule has 0 saturated carbocycles. The Hall–Kier alpha value is -1.62. The van der Waals surface area contributed by atoms with Crippen LogP contribution in [0.5, 0.6) is 0 Å². The van der Waals surface area contributed by atoms with Gasteiger partial charge in [-0.25, -0.2) is 4.79 Å². The van der Waals surface area contributed by atoms with Gasteiger partial charge in [-0.1, -0.05) is 39.0 Å². The zero-order chi connectivity index (χ0) is 14.9. The third kappa shape index (κ3) is 2.77. The van der Waals surface area contributed by atoms with Crippen LogP contribution in [0.25, 0.3) is 11.0 Å². The van der Waals surface area contributed by atoms with Gasteiger partial charge in [0.2, 0.25) is 0 Å². The molecule has 0 saturated heterocycles. The Morgan fingerprint density at radius 2 is 1.95 bits per heavy atom. The summed E-state index contributed by atoms with van der Waals surface area (Å²) in [6, 6.07) is 6.98. The number of fused-ring (bicyclic) bond motifs is 1. The van der Waals surface area contributed by atoms with Crippen molar-refractivity contribution in [2.75, 3.05) is 0 Å². The number of hydrogen-bond acceptors (Lipinski definition) is 3. The van der Waals surface area contributed by atoms with E-state index in [2.05, 4.69) is 0 Å². The molecule has 1 aromatic heterocycles. The van der Waals surface area contributed by atoms with Gasteiger partial charge in [0.25, 0.3) is 0 Å². The van der Waals surface area contributed by atoms with Crippen molar-refractivity contribution in [1.82, 2.24) is 0 Å². The lowest BCUT2D eigenvalue weighted by Gasteiger charge is -2.14. The van der Waals surface area contributed by atoms with Gasteiger partial charge in [0.1, 0.15) is 16.9 Å². The molecule has 0 fully saturated rings. The fourth-order valence-corrected chi connectivity index (χ4v) is 3.33. The summed E-state index contributed by atoms with van der Waals surface area (Å²) in [4.78, 5) is 11.4. The fourth-order valence-electron chi connectivity index (χ4n) is 2.00. The van der Waals surface area contributed by atoms with Crippen LogP contribution in [0.2, 0.25) is 0 Å². The summed E-state index contributed by atoms with van der Waals surface area (Å²) in [5.41, 5.74) is 0.652. The maximum atomic E-state index is 12.3. The van der Waals surface area contributed by atoms with Gasteiger partial charge in [-0.15, -0.1) is 0 Å². The van der Waals surface area contributed by atoms with Crippen molar-refractivity contribution < 1.29 is 18.5 Å². The Kier molecular flexibility index (Phi) is 4.28. The number of aromatic carboxylic acids is 1. The van der Waals surface area contributed by atoms with E-state index in [1.807, 2.05) is 20.8 Å². The lowest BCUT2D eigenvalue weighted by atomic mass is 10.1. The summed E-state index contributed by atoms with van der Waals surface area (Å²) >= 11 is 0. The summed E-state index contributed by atoms with van der Waals surface area (Å²) in [6.07, 6.45) is 0. The first-order valence-corrected chi connectivity index (χ1v) is 7.91. The van der Waals surface area contributed by atoms with E-state index >= 15 is 0 Å². The highest BCUT2D eigenvalue weighted by atomic mass is 32.2. The maximum Gasteiger partial charge on any atom is 0.339 e. The first kappa shape index (κ1) is 14.8. The lowest BCUT2D eigenvalue weighted by molar-refractivity contribution is 0.0697. The number of para-hydroxylation sites is 1. The second-order valence-corrected chi connectivity index (χ2v) is 6.97. The summed E-state index contributed by atoms with van der Waals surface area (Å²) in [5, 5.41) is 9.90. The number of carboxylic acid groups (broad SMARTS) is 1. The standard InChI is InChI=1S/C15H18O4S/c1-9(2)10(3)20(18)8-13-14(15(16)17)11-6-4-5-7-12(11)19-13/h4-7,9-10H,8H2,1-3H3,(H,16,17). The van der Waals surface area contributed by atoms with Crippen LogP contribution in [-0.4, -0.2) is 20.5 Å². The van der Waals surface area contributed by atoms with Crippen LogP contribution in [-0.2, 0) is 16.6 Å². The molecule has 0 spiro atoms. The Morgan fingerprint density at radius 1 is 1.30 bits per heavy atom. The summed E-state index contributed by atoms with van der Waals surface area (Å²) in [6.45, 7) is 5.91. The minimum atomic E-state index is -1.16. The molecule has 1 aromatic carbocycles. The fraction of sp³-hybridized carbons (Fsp3) is 0.400. The second-order valence-electron chi connectivity index (χ2n) is 5.18. The molecule has 1 heterocycles. The Morgan fingerprint density at radius 3 is 2.55 bits per heavy atom. The van der Waals surface area contributed by atoms with Crippen LogP contribution in [0.3, 0.4) is 0 Å². The predicted octanol–water partition coefficient (Wildman–Crippen LogP) is 3.42. The minimum absolute atomic E-state index is 0.00939. The largest absolute Gasteiger partial charge is 0.478 e. The van der Waals surface area contributed by atoms with Gasteiger partial charge in [0.15, 0.2) is 0 Å². The smallest absolute Gasteiger partial charge is 0.339 e. The van der Waals surface area contributed by atoms with Crippen LogP contribution >= 0.6 is 0 Å². The SMILES string of the molecule is CC(C)C(C)S(=O)Cc1oc2ccccc2c1C(=O)O. The van der Waals surface area contributed by atoms with Gasteiger partial charge < -0.3 is 9.52 Å². The molecule has 108 valence electrons. The van der Waals surface area contributed by atoms with Crippen LogP contribution in [0.15, 0.2) is 28.7 Å². The molecule has 0 aliphatic carbocycles. The van der Waals surface area contributed by atoms with Crippen molar-refractivity contribution in [3.8, 4) is 0 Å². The minimum Gasteiger partial charge on any atom is -0.478 e. The Bertz CT molecular complexity index is 657. The zero-order valence-electron chi connectivity index (χ0n) is 11.8. The highest BCUT2D eigenvalue weighted by Gasteiger charge is 2.24. The van der Waals surface area contributed by atoms with Gasteiger partial charge in [-0.2, -0.15) is 0 Å². The summed E-state index contributed by atoms with van der Waals surface area (Å²) < 4.78 is 17.9. The molecule has 2 atom stereocenters. The van der Waals surface area contributed by atoms with E-state index in [1.165, 1.54) is 0 Å². The molecular weight excluding hydrogens is 276 g/mol. The summed E-state index contributed by atoms with van der Waals surface area (Å²) in [5.74, 6) is -0.340. The molecule has 0 aliphatic rings. The number of carbonyl (C=O) groups is 1. The van der Waals surface area contributed by atoms with Gasteiger partial charge in [-0.05, 0) is 12.0 Å². The van der Waals surface area contributed by atoms with E-state index in [1.54, 1.807) is 24.3 Å². The molecule has 2 aromatic rings. The van der Waals surface area contributed by atoms with Crippen LogP contribution < -0.4 is 0 Å². The highest BCUT2D eigenvalue weighted by molar-refractivity contribution is 7.84. The lowest BCUT2D eigenvalue weighted by Crippen LogP contribution is -2.19. The van der Waals surface area contributed by atoms with Crippen molar-refractivity contribution in [3.63, 3.8) is 0 Å². The van der Waals surface area contributed by atoms with Gasteiger partial charge in [0, 0.05) is 21.4 Å². The normalized spacial score (nSPS) is 14.6. The van der Waals surface area contributed by atoms with E-state index < -0.39 is 16.8 Å². The molecule has 0 amide bonds. The van der Waals surface area contributed by atoms with Gasteiger partial charge >= 0.3 is 5.97 Å². The van der Waals surface area contributed by atoms with Crippen molar-refractivity contribution in [1.29, 1.82) is 0 Å². The first-order chi connectivity index (χ1) is 9.41. The van der Waals surface area contributed by atoms with E-state index in [0.717, 1.165) is 0 Å². The van der Waals surface area contributed by atoms with Crippen LogP contribution in [0.4, 0.5) is 0 Å². The zero-order valence-corrected chi connectivity index (χ0v) is 12.6. The Labute approximate surface area is 120 Å². The molecule has 1 N–H and O–H groups in total. The Balaban J connectivity index is 2.42. The molecule has 0 aliphatic heterocycles. The molecule has 2 unspecified atom stereocenters. The van der Waals surface area contributed by atoms with Crippen molar-refractivity contribution >= 4 is 27.7 Å². The average Bonchev–Trinajstić information content (AvgIpc) is 2.75. The number of furan rings is 1. The molecule has 20 heavy (non-hydrogen) atoms. The number of benzene rings is 1. The molecule has 2 rings (SSSR count). The highest BCUT2D eigenvalue weighted by Crippen LogP contribution is 2.27. The third-order valence-corrected chi connectivity index (χ3v) is 5.43. The van der Waals surface area contributed by atoms with E-state index in [-0.39, 0.29) is 22.5 Å². The summed E-state index contributed by atoms with van der Waals surface area (Å²) in [7, 11) is -1.16. The van der Waals surface area contributed by atoms with Gasteiger partial charge in [0.05, 0.1) is 5.75 Å². The molecule has 0 bridgehead atoms. The molecular formula is C15H18O4S.